The molecule has 0 aromatic rings. The van der Waals surface area contributed by atoms with Crippen LogP contribution >= 0.6 is 0 Å². The minimum atomic E-state index is -3.78. The van der Waals surface area contributed by atoms with Crippen LogP contribution in [0.1, 0.15) is 73.1 Å². The zero-order chi connectivity index (χ0) is 26.7. The van der Waals surface area contributed by atoms with E-state index in [0.717, 1.165) is 24.8 Å². The van der Waals surface area contributed by atoms with Crippen molar-refractivity contribution in [1.82, 2.24) is 0 Å². The van der Waals surface area contributed by atoms with Crippen LogP contribution in [0.5, 0.6) is 0 Å². The molecule has 1 aliphatic carbocycles. The van der Waals surface area contributed by atoms with Gasteiger partial charge in [0.15, 0.2) is 8.32 Å². The maximum atomic E-state index is 13.0. The first-order valence-electron chi connectivity index (χ1n) is 13.0. The molecule has 0 radical (unpaired) electrons. The van der Waals surface area contributed by atoms with Crippen molar-refractivity contribution in [3.8, 4) is 0 Å². The third kappa shape index (κ3) is 7.15. The highest BCUT2D eigenvalue weighted by atomic mass is 32.2. The van der Waals surface area contributed by atoms with Crippen molar-refractivity contribution in [3.63, 3.8) is 0 Å². The molecule has 8 nitrogen and oxygen atoms in total. The van der Waals surface area contributed by atoms with Gasteiger partial charge < -0.3 is 14.3 Å². The Morgan fingerprint density at radius 2 is 1.94 bits per heavy atom. The van der Waals surface area contributed by atoms with E-state index in [4.69, 9.17) is 18.3 Å². The number of esters is 1. The van der Waals surface area contributed by atoms with Gasteiger partial charge in [-0.1, -0.05) is 27.7 Å². The number of hydrogen-bond donors (Lipinski definition) is 1. The molecule has 5 atom stereocenters. The molecule has 0 saturated heterocycles. The summed E-state index contributed by atoms with van der Waals surface area (Å²) in [6, 6.07) is 0. The van der Waals surface area contributed by atoms with Gasteiger partial charge in [-0.3, -0.25) is 14.0 Å². The topological polar surface area (TPSA) is 111 Å². The number of carbonyl (C=O) groups excluding carboxylic acids is 1. The molecule has 0 aromatic carbocycles. The summed E-state index contributed by atoms with van der Waals surface area (Å²) in [7, 11) is -6.02. The molecular formula is C25H47NO7SSi. The summed E-state index contributed by atoms with van der Waals surface area (Å²) >= 11 is 0. The fourth-order valence-corrected chi connectivity index (χ4v) is 7.64. The molecule has 35 heavy (non-hydrogen) atoms. The predicted molar refractivity (Wildman–Crippen MR) is 141 cm³/mol. The lowest BCUT2D eigenvalue weighted by molar-refractivity contribution is -0.151. The van der Waals surface area contributed by atoms with Crippen LogP contribution in [0.25, 0.3) is 0 Å². The maximum Gasteiger partial charge on any atom is 0.306 e. The third-order valence-electron chi connectivity index (χ3n) is 8.16. The second-order valence-electron chi connectivity index (χ2n) is 11.8. The molecule has 0 bridgehead atoms. The zero-order valence-electron chi connectivity index (χ0n) is 22.9. The van der Waals surface area contributed by atoms with Gasteiger partial charge >= 0.3 is 5.97 Å². The van der Waals surface area contributed by atoms with Gasteiger partial charge in [0.05, 0.1) is 31.5 Å². The Balaban J connectivity index is 2.73. The normalized spacial score (nSPS) is 30.3. The molecule has 1 fully saturated rings. The molecule has 1 heterocycles. The van der Waals surface area contributed by atoms with E-state index in [1.807, 2.05) is 0 Å². The van der Waals surface area contributed by atoms with Crippen molar-refractivity contribution in [2.24, 2.45) is 22.2 Å². The third-order valence-corrected chi connectivity index (χ3v) is 13.2. The molecule has 1 aliphatic heterocycles. The molecular weight excluding hydrogens is 486 g/mol. The molecule has 2 rings (SSSR count). The van der Waals surface area contributed by atoms with Gasteiger partial charge in [-0.05, 0) is 63.1 Å². The van der Waals surface area contributed by atoms with Gasteiger partial charge in [-0.25, -0.2) is 0 Å². The summed E-state index contributed by atoms with van der Waals surface area (Å²) in [6.45, 7) is 15.7. The lowest BCUT2D eigenvalue weighted by Crippen LogP contribution is -2.62. The summed E-state index contributed by atoms with van der Waals surface area (Å²) in [5.41, 5.74) is 0.0545. The van der Waals surface area contributed by atoms with Crippen LogP contribution in [0.4, 0.5) is 0 Å². The van der Waals surface area contributed by atoms with E-state index in [0.29, 0.717) is 25.8 Å². The summed E-state index contributed by atoms with van der Waals surface area (Å²) in [5.74, 6) is -0.755. The van der Waals surface area contributed by atoms with Crippen LogP contribution in [0.3, 0.4) is 0 Å². The van der Waals surface area contributed by atoms with E-state index in [9.17, 15) is 18.3 Å². The first-order valence-corrected chi connectivity index (χ1v) is 17.7. The van der Waals surface area contributed by atoms with E-state index < -0.39 is 30.0 Å². The molecule has 0 unspecified atom stereocenters. The van der Waals surface area contributed by atoms with Crippen LogP contribution in [0.2, 0.25) is 18.1 Å². The second-order valence-corrected chi connectivity index (χ2v) is 18.1. The summed E-state index contributed by atoms with van der Waals surface area (Å²) < 4.78 is 43.1. The second kappa shape index (κ2) is 11.7. The van der Waals surface area contributed by atoms with Crippen molar-refractivity contribution in [2.75, 3.05) is 26.0 Å². The minimum absolute atomic E-state index is 0.0417. The average molecular weight is 534 g/mol. The van der Waals surface area contributed by atoms with Crippen molar-refractivity contribution >= 4 is 30.1 Å². The fourth-order valence-electron chi connectivity index (χ4n) is 5.54. The van der Waals surface area contributed by atoms with E-state index >= 15 is 0 Å². The predicted octanol–water partition coefficient (Wildman–Crippen LogP) is 4.32. The summed E-state index contributed by atoms with van der Waals surface area (Å²) in [4.78, 5) is 17.8. The molecule has 0 amide bonds. The molecule has 2 aliphatic rings. The summed E-state index contributed by atoms with van der Waals surface area (Å²) in [5, 5.41) is 9.78. The van der Waals surface area contributed by atoms with Crippen molar-refractivity contribution in [3.05, 3.63) is 0 Å². The smallest absolute Gasteiger partial charge is 0.306 e. The molecule has 10 heteroatoms. The van der Waals surface area contributed by atoms with Gasteiger partial charge in [0.2, 0.25) is 0 Å². The van der Waals surface area contributed by atoms with E-state index in [1.54, 1.807) is 6.92 Å². The Labute approximate surface area is 213 Å². The molecule has 204 valence electrons. The number of ether oxygens (including phenoxy) is 1. The van der Waals surface area contributed by atoms with Crippen LogP contribution in [0, 0.1) is 17.3 Å². The Morgan fingerprint density at radius 1 is 1.29 bits per heavy atom. The highest BCUT2D eigenvalue weighted by Gasteiger charge is 2.60. The molecule has 1 saturated carbocycles. The van der Waals surface area contributed by atoms with Crippen molar-refractivity contribution in [2.45, 2.75) is 103 Å². The Morgan fingerprint density at radius 3 is 2.43 bits per heavy atom. The van der Waals surface area contributed by atoms with Crippen LogP contribution in [-0.4, -0.2) is 71.7 Å². The zero-order valence-corrected chi connectivity index (χ0v) is 24.7. The number of rotatable bonds is 11. The number of aliphatic hydroxyl groups excluding tert-OH is 1. The SMILES string of the molecule is CCOC(=O)C[C@@H]1[C@@H](O[Si](C)(C)C(C)(C)C)[C@@H](C)C[C@@H](OS(C)(=O)=O)[C@]1(CCCO)C1=NCCC1. The largest absolute Gasteiger partial charge is 0.466 e. The summed E-state index contributed by atoms with van der Waals surface area (Å²) in [6.07, 6.45) is 3.16. The number of hydrogen-bond acceptors (Lipinski definition) is 8. The number of aliphatic hydroxyl groups is 1. The Kier molecular flexibility index (Phi) is 10.2. The highest BCUT2D eigenvalue weighted by Crippen LogP contribution is 2.55. The van der Waals surface area contributed by atoms with Gasteiger partial charge in [-0.15, -0.1) is 0 Å². The van der Waals surface area contributed by atoms with Gasteiger partial charge in [0.1, 0.15) is 0 Å². The number of nitrogens with zero attached hydrogens (tertiary/aromatic N) is 1. The van der Waals surface area contributed by atoms with Crippen molar-refractivity contribution < 1.29 is 31.7 Å². The number of carbonyl (C=O) groups is 1. The molecule has 1 N–H and O–H groups in total. The molecule has 0 aromatic heterocycles. The quantitative estimate of drug-likeness (QED) is 0.239. The Hall–Kier alpha value is -0.813. The van der Waals surface area contributed by atoms with E-state index in [2.05, 4.69) is 40.8 Å². The minimum Gasteiger partial charge on any atom is -0.466 e. The van der Waals surface area contributed by atoms with Crippen molar-refractivity contribution in [1.29, 1.82) is 0 Å². The van der Waals surface area contributed by atoms with Gasteiger partial charge in [0, 0.05) is 30.2 Å². The van der Waals surface area contributed by atoms with Crippen LogP contribution < -0.4 is 0 Å². The average Bonchev–Trinajstić information content (AvgIpc) is 3.24. The lowest BCUT2D eigenvalue weighted by atomic mass is 9.55. The van der Waals surface area contributed by atoms with E-state index in [1.165, 1.54) is 0 Å². The van der Waals surface area contributed by atoms with Gasteiger partial charge in [-0.2, -0.15) is 8.42 Å². The first-order chi connectivity index (χ1) is 16.1. The maximum absolute atomic E-state index is 13.0. The standard InChI is InChI=1S/C25H47NO7SSi/c1-9-31-22(28)17-19-23(33-35(7,8)24(3,4)5)18(2)16-21(32-34(6,29)30)25(19,13-11-15-27)20-12-10-14-26-20/h18-19,21,23,27H,9-17H2,1-8H3/t18-,19+,21+,23-,25-/m0/s1. The lowest BCUT2D eigenvalue weighted by Gasteiger charge is -2.56. The first kappa shape index (κ1) is 30.4. The van der Waals surface area contributed by atoms with Crippen LogP contribution in [-0.2, 0) is 28.3 Å². The number of aliphatic imine (C=N–C) groups is 1. The highest BCUT2D eigenvalue weighted by molar-refractivity contribution is 7.86. The molecule has 0 spiro atoms. The van der Waals surface area contributed by atoms with E-state index in [-0.39, 0.29) is 48.6 Å². The Bertz CT molecular complexity index is 868. The van der Waals surface area contributed by atoms with Crippen LogP contribution in [0.15, 0.2) is 4.99 Å². The fraction of sp³-hybridized carbons (Fsp3) is 0.920. The monoisotopic (exact) mass is 533 g/mol. The van der Waals surface area contributed by atoms with Gasteiger partial charge in [0.25, 0.3) is 10.1 Å².